The van der Waals surface area contributed by atoms with E-state index in [-0.39, 0.29) is 17.4 Å². The fourth-order valence-electron chi connectivity index (χ4n) is 4.09. The second kappa shape index (κ2) is 5.82. The van der Waals surface area contributed by atoms with E-state index in [1.54, 1.807) is 18.2 Å². The zero-order valence-corrected chi connectivity index (χ0v) is 13.6. The first-order chi connectivity index (χ1) is 11.7. The molecule has 2 atom stereocenters. The molecule has 0 aromatic carbocycles. The third kappa shape index (κ3) is 2.40. The van der Waals surface area contributed by atoms with Crippen molar-refractivity contribution in [1.29, 1.82) is 0 Å². The molecule has 0 saturated carbocycles. The number of likely N-dealkylation sites (tertiary alicyclic amines) is 1. The Morgan fingerprint density at radius 1 is 1.25 bits per heavy atom. The number of rotatable bonds is 2. The van der Waals surface area contributed by atoms with Crippen LogP contribution in [-0.4, -0.2) is 28.5 Å². The lowest BCUT2D eigenvalue weighted by Gasteiger charge is -2.43. The molecule has 5 heteroatoms. The molecule has 4 heterocycles. The summed E-state index contributed by atoms with van der Waals surface area (Å²) in [6.45, 7) is 3.96. The highest BCUT2D eigenvalue weighted by atomic mass is 16.3. The van der Waals surface area contributed by atoms with Crippen LogP contribution in [0.25, 0.3) is 6.08 Å². The van der Waals surface area contributed by atoms with Crippen molar-refractivity contribution in [2.24, 2.45) is 5.92 Å². The molecule has 124 valence electrons. The summed E-state index contributed by atoms with van der Waals surface area (Å²) in [6.07, 6.45) is 6.58. The van der Waals surface area contributed by atoms with Crippen molar-refractivity contribution in [3.63, 3.8) is 0 Å². The summed E-state index contributed by atoms with van der Waals surface area (Å²) in [6, 6.07) is 6.97. The third-order valence-corrected chi connectivity index (χ3v) is 4.99. The standard InChI is InChI=1S/C19H20N2O3/c1-2-4-14-6-7-17(22)21-11-13-9-15(18(14)21)12-20(10-13)19(23)16-5-3-8-24-16/h2-8,13,15H,9-12H2,1H3/b4-2+/t13-,15+/m0/s1. The predicted octanol–water partition coefficient (Wildman–Crippen LogP) is 2.73. The molecule has 1 saturated heterocycles. The summed E-state index contributed by atoms with van der Waals surface area (Å²) >= 11 is 0. The highest BCUT2D eigenvalue weighted by Crippen LogP contribution is 2.37. The molecule has 0 aliphatic carbocycles. The van der Waals surface area contributed by atoms with Gasteiger partial charge in [-0.25, -0.2) is 0 Å². The van der Waals surface area contributed by atoms with Gasteiger partial charge in [-0.2, -0.15) is 0 Å². The molecule has 2 aromatic rings. The van der Waals surface area contributed by atoms with Crippen LogP contribution >= 0.6 is 0 Å². The van der Waals surface area contributed by atoms with Crippen LogP contribution < -0.4 is 5.56 Å². The second-order valence-corrected chi connectivity index (χ2v) is 6.61. The van der Waals surface area contributed by atoms with Gasteiger partial charge in [-0.15, -0.1) is 0 Å². The summed E-state index contributed by atoms with van der Waals surface area (Å²) in [4.78, 5) is 26.8. The van der Waals surface area contributed by atoms with Crippen molar-refractivity contribution in [3.05, 3.63) is 64.0 Å². The molecule has 4 rings (SSSR count). The minimum Gasteiger partial charge on any atom is -0.459 e. The summed E-state index contributed by atoms with van der Waals surface area (Å²) in [5.41, 5.74) is 2.19. The lowest BCUT2D eigenvalue weighted by molar-refractivity contribution is 0.0563. The third-order valence-electron chi connectivity index (χ3n) is 4.99. The Hall–Kier alpha value is -2.56. The van der Waals surface area contributed by atoms with E-state index in [4.69, 9.17) is 4.42 Å². The first-order valence-corrected chi connectivity index (χ1v) is 8.36. The molecule has 1 fully saturated rings. The quantitative estimate of drug-likeness (QED) is 0.853. The Kier molecular flexibility index (Phi) is 3.63. The summed E-state index contributed by atoms with van der Waals surface area (Å²) < 4.78 is 7.17. The van der Waals surface area contributed by atoms with Crippen molar-refractivity contribution < 1.29 is 9.21 Å². The van der Waals surface area contributed by atoms with Crippen LogP contribution in [0, 0.1) is 5.92 Å². The van der Waals surface area contributed by atoms with Crippen LogP contribution in [0.15, 0.2) is 45.8 Å². The van der Waals surface area contributed by atoms with E-state index >= 15 is 0 Å². The normalized spacial score (nSPS) is 22.6. The Morgan fingerprint density at radius 3 is 2.88 bits per heavy atom. The number of hydrogen-bond acceptors (Lipinski definition) is 3. The molecule has 2 aromatic heterocycles. The van der Waals surface area contributed by atoms with Gasteiger partial charge in [-0.3, -0.25) is 9.59 Å². The second-order valence-electron chi connectivity index (χ2n) is 6.61. The molecule has 2 bridgehead atoms. The van der Waals surface area contributed by atoms with Crippen molar-refractivity contribution in [1.82, 2.24) is 9.47 Å². The van der Waals surface area contributed by atoms with Gasteiger partial charge in [0.15, 0.2) is 5.76 Å². The average Bonchev–Trinajstić information content (AvgIpc) is 3.11. The molecular weight excluding hydrogens is 304 g/mol. The fraction of sp³-hybridized carbons (Fsp3) is 0.368. The molecule has 2 aliphatic heterocycles. The first kappa shape index (κ1) is 15.0. The van der Waals surface area contributed by atoms with E-state index < -0.39 is 0 Å². The smallest absolute Gasteiger partial charge is 0.289 e. The van der Waals surface area contributed by atoms with Crippen molar-refractivity contribution in [2.45, 2.75) is 25.8 Å². The van der Waals surface area contributed by atoms with Crippen LogP contribution in [-0.2, 0) is 6.54 Å². The van der Waals surface area contributed by atoms with E-state index in [9.17, 15) is 9.59 Å². The maximum Gasteiger partial charge on any atom is 0.289 e. The van der Waals surface area contributed by atoms with Gasteiger partial charge in [0.05, 0.1) is 6.26 Å². The number of hydrogen-bond donors (Lipinski definition) is 0. The SMILES string of the molecule is C/C=C/c1ccc(=O)n2c1[C@@H]1C[C@@H](CN(C(=O)c3ccco3)C1)C2. The number of furan rings is 1. The molecule has 0 N–H and O–H groups in total. The first-order valence-electron chi connectivity index (χ1n) is 8.36. The number of fused-ring (bicyclic) bond motifs is 4. The molecule has 0 unspecified atom stereocenters. The molecule has 24 heavy (non-hydrogen) atoms. The zero-order valence-electron chi connectivity index (χ0n) is 13.6. The van der Waals surface area contributed by atoms with Crippen molar-refractivity contribution >= 4 is 12.0 Å². The Bertz CT molecular complexity index is 848. The van der Waals surface area contributed by atoms with Crippen LogP contribution in [0.2, 0.25) is 0 Å². The van der Waals surface area contributed by atoms with Crippen molar-refractivity contribution in [3.8, 4) is 0 Å². The number of pyridine rings is 1. The van der Waals surface area contributed by atoms with Gasteiger partial charge in [0.1, 0.15) is 0 Å². The number of aromatic nitrogens is 1. The molecule has 2 aliphatic rings. The van der Waals surface area contributed by atoms with E-state index in [0.717, 1.165) is 17.7 Å². The van der Waals surface area contributed by atoms with Gasteiger partial charge < -0.3 is 13.9 Å². The summed E-state index contributed by atoms with van der Waals surface area (Å²) in [5, 5.41) is 0. The largest absolute Gasteiger partial charge is 0.459 e. The lowest BCUT2D eigenvalue weighted by Crippen LogP contribution is -2.49. The Balaban J connectivity index is 1.71. The van der Waals surface area contributed by atoms with Gasteiger partial charge in [0.25, 0.3) is 11.5 Å². The minimum atomic E-state index is -0.0611. The number of nitrogens with zero attached hydrogens (tertiary/aromatic N) is 2. The molecular formula is C19H20N2O3. The molecule has 0 radical (unpaired) electrons. The van der Waals surface area contributed by atoms with E-state index in [1.807, 2.05) is 34.6 Å². The number of allylic oxidation sites excluding steroid dienone is 1. The van der Waals surface area contributed by atoms with Crippen molar-refractivity contribution in [2.75, 3.05) is 13.1 Å². The molecule has 1 amide bonds. The maximum atomic E-state index is 12.6. The van der Waals surface area contributed by atoms with Crippen LogP contribution in [0.5, 0.6) is 0 Å². The van der Waals surface area contributed by atoms with Gasteiger partial charge in [-0.05, 0) is 43.0 Å². The minimum absolute atomic E-state index is 0.0544. The number of amides is 1. The highest BCUT2D eigenvalue weighted by Gasteiger charge is 2.38. The average molecular weight is 324 g/mol. The van der Waals surface area contributed by atoms with Gasteiger partial charge >= 0.3 is 0 Å². The highest BCUT2D eigenvalue weighted by molar-refractivity contribution is 5.91. The molecule has 0 spiro atoms. The topological polar surface area (TPSA) is 55.5 Å². The summed E-state index contributed by atoms with van der Waals surface area (Å²) in [7, 11) is 0. The Morgan fingerprint density at radius 2 is 2.12 bits per heavy atom. The maximum absolute atomic E-state index is 12.6. The van der Waals surface area contributed by atoms with Gasteiger partial charge in [0, 0.05) is 37.3 Å². The number of piperidine rings is 1. The number of carbonyl (C=O) groups excluding carboxylic acids is 1. The fourth-order valence-corrected chi connectivity index (χ4v) is 4.09. The van der Waals surface area contributed by atoms with Gasteiger partial charge in [-0.1, -0.05) is 12.2 Å². The Labute approximate surface area is 140 Å². The predicted molar refractivity (Wildman–Crippen MR) is 90.9 cm³/mol. The molecule has 5 nitrogen and oxygen atoms in total. The number of carbonyl (C=O) groups is 1. The van der Waals surface area contributed by atoms with E-state index in [0.29, 0.717) is 31.3 Å². The van der Waals surface area contributed by atoms with E-state index in [1.165, 1.54) is 6.26 Å². The van der Waals surface area contributed by atoms with E-state index in [2.05, 4.69) is 0 Å². The summed E-state index contributed by atoms with van der Waals surface area (Å²) in [5.74, 6) is 0.827. The monoisotopic (exact) mass is 324 g/mol. The zero-order chi connectivity index (χ0) is 16.7. The van der Waals surface area contributed by atoms with Crippen LogP contribution in [0.4, 0.5) is 0 Å². The van der Waals surface area contributed by atoms with Crippen LogP contribution in [0.1, 0.15) is 41.1 Å². The van der Waals surface area contributed by atoms with Gasteiger partial charge in [0.2, 0.25) is 0 Å². The van der Waals surface area contributed by atoms with Crippen LogP contribution in [0.3, 0.4) is 0 Å². The lowest BCUT2D eigenvalue weighted by atomic mass is 9.81.